The van der Waals surface area contributed by atoms with Crippen molar-refractivity contribution in [3.63, 3.8) is 0 Å². The summed E-state index contributed by atoms with van der Waals surface area (Å²) in [6, 6.07) is -0.945. The molecule has 0 aromatic heterocycles. The molecule has 0 atom stereocenters. The second-order valence-electron chi connectivity index (χ2n) is 4.25. The minimum Gasteiger partial charge on any atom is -0.459 e. The van der Waals surface area contributed by atoms with Crippen LogP contribution in [0.3, 0.4) is 0 Å². The summed E-state index contributed by atoms with van der Waals surface area (Å²) in [5, 5.41) is 9.54. The lowest BCUT2D eigenvalue weighted by atomic mass is 9.97. The van der Waals surface area contributed by atoms with Crippen molar-refractivity contribution in [3.8, 4) is 0 Å². The second kappa shape index (κ2) is 3.15. The summed E-state index contributed by atoms with van der Waals surface area (Å²) >= 11 is 0. The maximum Gasteiger partial charge on any atom is 0.320 e. The Hall–Kier alpha value is -1.26. The fraction of sp³-hybridized carbons (Fsp3) is 0.778. The molecular formula is C9H15N3O2. The van der Waals surface area contributed by atoms with E-state index < -0.39 is 6.03 Å². The molecule has 0 saturated heterocycles. The lowest BCUT2D eigenvalue weighted by molar-refractivity contribution is 0.0606. The van der Waals surface area contributed by atoms with Gasteiger partial charge < -0.3 is 10.5 Å². The molecule has 2 amide bonds. The molecule has 2 aliphatic carbocycles. The van der Waals surface area contributed by atoms with Crippen LogP contribution in [0.5, 0.6) is 0 Å². The number of rotatable bonds is 1. The highest BCUT2D eigenvalue weighted by atomic mass is 16.5. The van der Waals surface area contributed by atoms with E-state index in [0.717, 1.165) is 25.2 Å². The van der Waals surface area contributed by atoms with Gasteiger partial charge in [0, 0.05) is 0 Å². The number of nitrogens with one attached hydrogen (secondary N) is 2. The molecule has 0 spiro atoms. The van der Waals surface area contributed by atoms with E-state index in [1.54, 1.807) is 0 Å². The van der Waals surface area contributed by atoms with Gasteiger partial charge in [0.05, 0.1) is 0 Å². The standard InChI is InChI=1S/C9H15N3O2/c10-7(13)12-8(11)14-9-3-1-6(5-9)2-4-9/h6H,1-5H2,(H4,10,11,12,13). The highest BCUT2D eigenvalue weighted by Crippen LogP contribution is 2.49. The Morgan fingerprint density at radius 1 is 1.50 bits per heavy atom. The number of nitrogens with two attached hydrogens (primary N) is 1. The summed E-state index contributed by atoms with van der Waals surface area (Å²) in [4.78, 5) is 10.5. The quantitative estimate of drug-likeness (QED) is 0.431. The van der Waals surface area contributed by atoms with Crippen LogP contribution in [-0.2, 0) is 4.74 Å². The zero-order chi connectivity index (χ0) is 10.2. The minimum atomic E-state index is -0.737. The average molecular weight is 197 g/mol. The van der Waals surface area contributed by atoms with E-state index in [9.17, 15) is 4.79 Å². The molecule has 2 fully saturated rings. The van der Waals surface area contributed by atoms with Crippen LogP contribution >= 0.6 is 0 Å². The van der Waals surface area contributed by atoms with Crippen molar-refractivity contribution in [3.05, 3.63) is 0 Å². The third-order valence-corrected chi connectivity index (χ3v) is 3.23. The molecule has 5 heteroatoms. The largest absolute Gasteiger partial charge is 0.459 e. The Bertz CT molecular complexity index is 269. The minimum absolute atomic E-state index is 0.176. The van der Waals surface area contributed by atoms with Gasteiger partial charge in [0.1, 0.15) is 5.60 Å². The summed E-state index contributed by atoms with van der Waals surface area (Å²) in [6.07, 6.45) is 5.39. The topological polar surface area (TPSA) is 88.2 Å². The fourth-order valence-electron chi connectivity index (χ4n) is 2.64. The molecule has 2 aliphatic rings. The van der Waals surface area contributed by atoms with Gasteiger partial charge >= 0.3 is 6.03 Å². The van der Waals surface area contributed by atoms with Gasteiger partial charge in [-0.15, -0.1) is 0 Å². The van der Waals surface area contributed by atoms with Crippen molar-refractivity contribution >= 4 is 12.1 Å². The number of ether oxygens (including phenoxy) is 1. The molecule has 0 aliphatic heterocycles. The molecule has 2 saturated carbocycles. The zero-order valence-electron chi connectivity index (χ0n) is 8.01. The van der Waals surface area contributed by atoms with Crippen molar-refractivity contribution in [1.82, 2.24) is 5.32 Å². The monoisotopic (exact) mass is 197 g/mol. The van der Waals surface area contributed by atoms with Gasteiger partial charge in [-0.1, -0.05) is 0 Å². The van der Waals surface area contributed by atoms with Gasteiger partial charge in [-0.25, -0.2) is 4.79 Å². The Kier molecular flexibility index (Phi) is 2.09. The number of amides is 2. The second-order valence-corrected chi connectivity index (χ2v) is 4.25. The van der Waals surface area contributed by atoms with E-state index in [4.69, 9.17) is 15.9 Å². The van der Waals surface area contributed by atoms with E-state index in [0.29, 0.717) is 0 Å². The van der Waals surface area contributed by atoms with E-state index >= 15 is 0 Å². The number of fused-ring (bicyclic) bond motifs is 2. The number of primary amides is 1. The van der Waals surface area contributed by atoms with Gasteiger partial charge in [-0.05, 0) is 38.0 Å². The maximum atomic E-state index is 10.5. The number of carbonyl (C=O) groups is 1. The molecule has 4 N–H and O–H groups in total. The first-order valence-electron chi connectivity index (χ1n) is 4.94. The number of carbonyl (C=O) groups excluding carboxylic acids is 1. The zero-order valence-corrected chi connectivity index (χ0v) is 8.01. The van der Waals surface area contributed by atoms with Crippen molar-refractivity contribution in [2.75, 3.05) is 0 Å². The lowest BCUT2D eigenvalue weighted by Crippen LogP contribution is -2.41. The fourth-order valence-corrected chi connectivity index (χ4v) is 2.64. The van der Waals surface area contributed by atoms with Crippen LogP contribution in [-0.4, -0.2) is 17.7 Å². The van der Waals surface area contributed by atoms with Gasteiger partial charge in [-0.2, -0.15) is 0 Å². The molecule has 0 radical (unpaired) electrons. The van der Waals surface area contributed by atoms with Crippen LogP contribution in [0.1, 0.15) is 32.1 Å². The molecule has 0 unspecified atom stereocenters. The smallest absolute Gasteiger partial charge is 0.320 e. The third-order valence-electron chi connectivity index (χ3n) is 3.23. The predicted octanol–water partition coefficient (Wildman–Crippen LogP) is 0.939. The van der Waals surface area contributed by atoms with Crippen LogP contribution in [0.2, 0.25) is 0 Å². The highest BCUT2D eigenvalue weighted by Gasteiger charge is 2.47. The summed E-state index contributed by atoms with van der Waals surface area (Å²) in [6.45, 7) is 0. The van der Waals surface area contributed by atoms with E-state index in [1.807, 2.05) is 0 Å². The van der Waals surface area contributed by atoms with Crippen LogP contribution in [0.25, 0.3) is 0 Å². The Morgan fingerprint density at radius 2 is 2.14 bits per heavy atom. The normalized spacial score (nSPS) is 34.1. The van der Waals surface area contributed by atoms with Crippen molar-refractivity contribution < 1.29 is 9.53 Å². The van der Waals surface area contributed by atoms with Crippen LogP contribution < -0.4 is 11.1 Å². The van der Waals surface area contributed by atoms with Crippen molar-refractivity contribution in [2.45, 2.75) is 37.7 Å². The SMILES string of the molecule is N=C(NC(N)=O)OC12CCC(CC1)C2. The third kappa shape index (κ3) is 1.66. The lowest BCUT2D eigenvalue weighted by Gasteiger charge is -2.27. The first-order valence-corrected chi connectivity index (χ1v) is 4.94. The average Bonchev–Trinajstić information content (AvgIpc) is 2.60. The summed E-state index contributed by atoms with van der Waals surface area (Å²) in [7, 11) is 0. The molecule has 14 heavy (non-hydrogen) atoms. The van der Waals surface area contributed by atoms with Gasteiger partial charge in [0.25, 0.3) is 6.02 Å². The first-order chi connectivity index (χ1) is 6.60. The predicted molar refractivity (Wildman–Crippen MR) is 50.8 cm³/mol. The number of hydrogen-bond acceptors (Lipinski definition) is 3. The Labute approximate surface area is 82.5 Å². The summed E-state index contributed by atoms with van der Waals surface area (Å²) in [5.41, 5.74) is 4.72. The number of hydrogen-bond donors (Lipinski definition) is 3. The van der Waals surface area contributed by atoms with Crippen LogP contribution in [0, 0.1) is 11.3 Å². The summed E-state index contributed by atoms with van der Waals surface area (Å²) in [5.74, 6) is 0.761. The maximum absolute atomic E-state index is 10.5. The highest BCUT2D eigenvalue weighted by molar-refractivity contribution is 5.90. The van der Waals surface area contributed by atoms with Gasteiger partial charge in [0.15, 0.2) is 0 Å². The van der Waals surface area contributed by atoms with E-state index in [1.165, 1.54) is 12.8 Å². The van der Waals surface area contributed by atoms with Gasteiger partial charge in [0.2, 0.25) is 0 Å². The molecule has 78 valence electrons. The van der Waals surface area contributed by atoms with Crippen LogP contribution in [0.4, 0.5) is 4.79 Å². The summed E-state index contributed by atoms with van der Waals surface area (Å²) < 4.78 is 5.47. The molecule has 2 rings (SSSR count). The van der Waals surface area contributed by atoms with Gasteiger partial charge in [-0.3, -0.25) is 10.7 Å². The Balaban J connectivity index is 1.90. The van der Waals surface area contributed by atoms with Crippen molar-refractivity contribution in [2.24, 2.45) is 11.7 Å². The Morgan fingerprint density at radius 3 is 2.57 bits per heavy atom. The number of amidine groups is 1. The number of urea groups is 1. The molecule has 5 nitrogen and oxygen atoms in total. The van der Waals surface area contributed by atoms with E-state index in [2.05, 4.69) is 5.32 Å². The molecular weight excluding hydrogens is 182 g/mol. The van der Waals surface area contributed by atoms with Crippen LogP contribution in [0.15, 0.2) is 0 Å². The molecule has 0 aromatic carbocycles. The molecule has 0 heterocycles. The van der Waals surface area contributed by atoms with Crippen molar-refractivity contribution in [1.29, 1.82) is 5.41 Å². The molecule has 0 aromatic rings. The van der Waals surface area contributed by atoms with E-state index in [-0.39, 0.29) is 11.6 Å². The first kappa shape index (κ1) is 9.30. The molecule has 2 bridgehead atoms.